The van der Waals surface area contributed by atoms with Gasteiger partial charge in [0.2, 0.25) is 0 Å². The van der Waals surface area contributed by atoms with Gasteiger partial charge in [-0.15, -0.1) is 0 Å². The zero-order chi connectivity index (χ0) is 15.3. The molecule has 0 amide bonds. The molecule has 0 aliphatic heterocycles. The molecule has 0 radical (unpaired) electrons. The van der Waals surface area contributed by atoms with Crippen LogP contribution in [0.3, 0.4) is 0 Å². The van der Waals surface area contributed by atoms with Crippen molar-refractivity contribution in [1.82, 2.24) is 9.55 Å². The number of rotatable bonds is 5. The smallest absolute Gasteiger partial charge is 0.389 e. The molecular formula is C11H12ClF3N2O3. The van der Waals surface area contributed by atoms with Gasteiger partial charge in [-0.2, -0.15) is 13.2 Å². The Kier molecular flexibility index (Phi) is 5.55. The lowest BCUT2D eigenvalue weighted by Gasteiger charge is -2.11. The van der Waals surface area contributed by atoms with E-state index in [-0.39, 0.29) is 23.8 Å². The molecule has 9 heteroatoms. The minimum absolute atomic E-state index is 0.0251. The van der Waals surface area contributed by atoms with Crippen molar-refractivity contribution in [2.45, 2.75) is 32.0 Å². The molecule has 0 fully saturated rings. The molecule has 1 rings (SSSR count). The van der Waals surface area contributed by atoms with Gasteiger partial charge in [0.05, 0.1) is 7.11 Å². The summed E-state index contributed by atoms with van der Waals surface area (Å²) in [6.07, 6.45) is -5.66. The number of hydrogen-bond donors (Lipinski definition) is 0. The average Bonchev–Trinajstić information content (AvgIpc) is 2.31. The number of nitrogens with zero attached hydrogens (tertiary/aromatic N) is 2. The van der Waals surface area contributed by atoms with Gasteiger partial charge in [0.25, 0.3) is 5.56 Å². The average molecular weight is 313 g/mol. The fourth-order valence-corrected chi connectivity index (χ4v) is 1.71. The van der Waals surface area contributed by atoms with E-state index < -0.39 is 30.7 Å². The lowest BCUT2D eigenvalue weighted by Crippen LogP contribution is -2.28. The number of esters is 1. The van der Waals surface area contributed by atoms with Crippen LogP contribution >= 0.6 is 11.6 Å². The number of halogens is 4. The highest BCUT2D eigenvalue weighted by molar-refractivity contribution is 6.29. The Hall–Kier alpha value is -1.57. The first-order valence-electron chi connectivity index (χ1n) is 5.63. The van der Waals surface area contributed by atoms with Crippen molar-refractivity contribution in [3.05, 3.63) is 27.4 Å². The van der Waals surface area contributed by atoms with E-state index in [1.165, 1.54) is 0 Å². The molecule has 0 N–H and O–H groups in total. The summed E-state index contributed by atoms with van der Waals surface area (Å²) < 4.78 is 41.6. The Bertz CT molecular complexity index is 543. The van der Waals surface area contributed by atoms with Gasteiger partial charge in [-0.05, 0) is 6.42 Å². The fraction of sp³-hybridized carbons (Fsp3) is 0.545. The molecule has 0 aliphatic rings. The number of aromatic nitrogens is 2. The van der Waals surface area contributed by atoms with Crippen LogP contribution in [0.1, 0.15) is 18.7 Å². The lowest BCUT2D eigenvalue weighted by molar-refractivity contribution is -0.141. The van der Waals surface area contributed by atoms with Crippen LogP contribution in [-0.4, -0.2) is 28.8 Å². The maximum absolute atomic E-state index is 12.1. The van der Waals surface area contributed by atoms with Crippen molar-refractivity contribution in [3.8, 4) is 0 Å². The van der Waals surface area contributed by atoms with Crippen LogP contribution in [0.15, 0.2) is 10.9 Å². The Morgan fingerprint density at radius 2 is 2.15 bits per heavy atom. The van der Waals surface area contributed by atoms with Crippen molar-refractivity contribution in [1.29, 1.82) is 0 Å². The van der Waals surface area contributed by atoms with Crippen molar-refractivity contribution in [3.63, 3.8) is 0 Å². The highest BCUT2D eigenvalue weighted by Crippen LogP contribution is 2.22. The van der Waals surface area contributed by atoms with E-state index in [0.29, 0.717) is 0 Å². The van der Waals surface area contributed by atoms with E-state index in [1.807, 2.05) is 0 Å². The minimum atomic E-state index is -4.29. The second kappa shape index (κ2) is 6.74. The van der Waals surface area contributed by atoms with E-state index >= 15 is 0 Å². The second-order valence-electron chi connectivity index (χ2n) is 3.96. The van der Waals surface area contributed by atoms with Crippen LogP contribution in [0.4, 0.5) is 13.2 Å². The van der Waals surface area contributed by atoms with Gasteiger partial charge in [-0.3, -0.25) is 14.2 Å². The Labute approximate surface area is 117 Å². The molecule has 0 unspecified atom stereocenters. The van der Waals surface area contributed by atoms with Gasteiger partial charge >= 0.3 is 12.1 Å². The summed E-state index contributed by atoms with van der Waals surface area (Å²) >= 11 is 5.60. The molecule has 0 saturated heterocycles. The SMILES string of the molecule is COC(=O)Cn1c(CCCC(F)(F)F)nc(Cl)cc1=O. The van der Waals surface area contributed by atoms with Crippen LogP contribution in [0, 0.1) is 0 Å². The lowest BCUT2D eigenvalue weighted by atomic mass is 10.2. The van der Waals surface area contributed by atoms with Crippen molar-refractivity contribution >= 4 is 17.6 Å². The Morgan fingerprint density at radius 1 is 1.50 bits per heavy atom. The highest BCUT2D eigenvalue weighted by Gasteiger charge is 2.26. The van der Waals surface area contributed by atoms with Gasteiger partial charge in [0.15, 0.2) is 0 Å². The molecule has 0 saturated carbocycles. The zero-order valence-corrected chi connectivity index (χ0v) is 11.3. The molecular weight excluding hydrogens is 301 g/mol. The van der Waals surface area contributed by atoms with Crippen LogP contribution in [-0.2, 0) is 22.5 Å². The number of ether oxygens (including phenoxy) is 1. The number of carbonyl (C=O) groups is 1. The van der Waals surface area contributed by atoms with E-state index in [4.69, 9.17) is 11.6 Å². The van der Waals surface area contributed by atoms with Crippen LogP contribution in [0.25, 0.3) is 0 Å². The van der Waals surface area contributed by atoms with E-state index in [2.05, 4.69) is 9.72 Å². The summed E-state index contributed by atoms with van der Waals surface area (Å²) in [6.45, 7) is -0.416. The fourth-order valence-electron chi connectivity index (χ4n) is 1.52. The summed E-state index contributed by atoms with van der Waals surface area (Å²) in [5.74, 6) is -0.676. The maximum Gasteiger partial charge on any atom is 0.389 e. The zero-order valence-electron chi connectivity index (χ0n) is 10.5. The molecule has 0 aliphatic carbocycles. The van der Waals surface area contributed by atoms with Crippen molar-refractivity contribution < 1.29 is 22.7 Å². The third-order valence-corrected chi connectivity index (χ3v) is 2.63. The largest absolute Gasteiger partial charge is 0.468 e. The molecule has 0 atom stereocenters. The monoisotopic (exact) mass is 312 g/mol. The topological polar surface area (TPSA) is 61.2 Å². The maximum atomic E-state index is 12.1. The first-order valence-corrected chi connectivity index (χ1v) is 6.00. The molecule has 20 heavy (non-hydrogen) atoms. The third-order valence-electron chi connectivity index (χ3n) is 2.43. The third kappa shape index (κ3) is 5.20. The van der Waals surface area contributed by atoms with Gasteiger partial charge in [0, 0.05) is 18.9 Å². The normalized spacial score (nSPS) is 11.4. The summed E-state index contributed by atoms with van der Waals surface area (Å²) in [7, 11) is 1.14. The molecule has 112 valence electrons. The van der Waals surface area contributed by atoms with Gasteiger partial charge in [-0.25, -0.2) is 4.98 Å². The van der Waals surface area contributed by atoms with E-state index in [9.17, 15) is 22.8 Å². The van der Waals surface area contributed by atoms with Crippen molar-refractivity contribution in [2.75, 3.05) is 7.11 Å². The Morgan fingerprint density at radius 3 is 2.70 bits per heavy atom. The number of methoxy groups -OCH3 is 1. The molecule has 1 aromatic heterocycles. The standard InChI is InChI=1S/C11H12ClF3N2O3/c1-20-10(19)6-17-8(3-2-4-11(13,14)15)16-7(12)5-9(17)18/h5H,2-4,6H2,1H3. The summed E-state index contributed by atoms with van der Waals surface area (Å²) in [6, 6.07) is 0.984. The van der Waals surface area contributed by atoms with E-state index in [1.54, 1.807) is 0 Å². The molecule has 0 aromatic carbocycles. The van der Waals surface area contributed by atoms with Gasteiger partial charge in [0.1, 0.15) is 17.5 Å². The molecule has 5 nitrogen and oxygen atoms in total. The van der Waals surface area contributed by atoms with Crippen molar-refractivity contribution in [2.24, 2.45) is 0 Å². The van der Waals surface area contributed by atoms with Crippen LogP contribution in [0.5, 0.6) is 0 Å². The quantitative estimate of drug-likeness (QED) is 0.616. The van der Waals surface area contributed by atoms with Gasteiger partial charge < -0.3 is 4.74 Å². The highest BCUT2D eigenvalue weighted by atomic mass is 35.5. The minimum Gasteiger partial charge on any atom is -0.468 e. The molecule has 0 spiro atoms. The van der Waals surface area contributed by atoms with Gasteiger partial charge in [-0.1, -0.05) is 11.6 Å². The van der Waals surface area contributed by atoms with Crippen LogP contribution < -0.4 is 5.56 Å². The summed E-state index contributed by atoms with van der Waals surface area (Å²) in [4.78, 5) is 26.7. The van der Waals surface area contributed by atoms with Crippen LogP contribution in [0.2, 0.25) is 5.15 Å². The first kappa shape index (κ1) is 16.5. The summed E-state index contributed by atoms with van der Waals surface area (Å²) in [5.41, 5.74) is -0.614. The summed E-state index contributed by atoms with van der Waals surface area (Å²) in [5, 5.41) is -0.127. The second-order valence-corrected chi connectivity index (χ2v) is 4.35. The first-order chi connectivity index (χ1) is 9.23. The number of alkyl halides is 3. The molecule has 1 aromatic rings. The molecule has 0 bridgehead atoms. The van der Waals surface area contributed by atoms with E-state index in [0.717, 1.165) is 17.7 Å². The predicted octanol–water partition coefficient (Wildman–Crippen LogP) is 1.95. The number of carbonyl (C=O) groups excluding carboxylic acids is 1. The molecule has 1 heterocycles. The number of aryl methyl sites for hydroxylation is 1. The Balaban J connectivity index is 2.92. The predicted molar refractivity (Wildman–Crippen MR) is 64.5 cm³/mol. The number of hydrogen-bond acceptors (Lipinski definition) is 4.